The number of ether oxygens (including phenoxy) is 1. The van der Waals surface area contributed by atoms with E-state index >= 15 is 0 Å². The van der Waals surface area contributed by atoms with Gasteiger partial charge >= 0.3 is 18.0 Å². The van der Waals surface area contributed by atoms with Crippen LogP contribution in [0.3, 0.4) is 0 Å². The van der Waals surface area contributed by atoms with Crippen molar-refractivity contribution in [2.45, 2.75) is 25.5 Å². The number of aliphatic hydroxyl groups is 1. The molecule has 19 heavy (non-hydrogen) atoms. The predicted molar refractivity (Wildman–Crippen MR) is 63.4 cm³/mol. The maximum atomic E-state index is 12.0. The molecule has 0 aromatic carbocycles. The first kappa shape index (κ1) is 15.2. The van der Waals surface area contributed by atoms with E-state index < -0.39 is 30.1 Å². The summed E-state index contributed by atoms with van der Waals surface area (Å²) in [6, 6.07) is -1.68. The number of nitrogens with zero attached hydrogens (tertiary/aromatic N) is 2. The van der Waals surface area contributed by atoms with Crippen LogP contribution in [0.25, 0.3) is 0 Å². The maximum Gasteiger partial charge on any atom is 0.326 e. The Kier molecular flexibility index (Phi) is 5.11. The van der Waals surface area contributed by atoms with Crippen molar-refractivity contribution in [3.63, 3.8) is 0 Å². The van der Waals surface area contributed by atoms with E-state index in [4.69, 9.17) is 9.84 Å². The van der Waals surface area contributed by atoms with E-state index in [9.17, 15) is 19.5 Å². The molecule has 108 valence electrons. The van der Waals surface area contributed by atoms with Gasteiger partial charge in [-0.1, -0.05) is 0 Å². The zero-order valence-electron chi connectivity index (χ0n) is 10.9. The number of aliphatic hydroxyl groups excluding tert-OH is 1. The minimum atomic E-state index is -1.17. The number of likely N-dealkylation sites (tertiary alicyclic amines) is 1. The van der Waals surface area contributed by atoms with Crippen molar-refractivity contribution in [3.05, 3.63) is 0 Å². The molecule has 2 N–H and O–H groups in total. The minimum absolute atomic E-state index is 0.00564. The highest BCUT2D eigenvalue weighted by atomic mass is 16.5. The van der Waals surface area contributed by atoms with Crippen LogP contribution < -0.4 is 0 Å². The summed E-state index contributed by atoms with van der Waals surface area (Å²) < 4.78 is 4.70. The van der Waals surface area contributed by atoms with Crippen LogP contribution in [0.5, 0.6) is 0 Å². The third-order valence-electron chi connectivity index (χ3n) is 2.81. The summed E-state index contributed by atoms with van der Waals surface area (Å²) >= 11 is 0. The van der Waals surface area contributed by atoms with Gasteiger partial charge in [-0.15, -0.1) is 0 Å². The third-order valence-corrected chi connectivity index (χ3v) is 2.81. The van der Waals surface area contributed by atoms with E-state index in [2.05, 4.69) is 0 Å². The first-order chi connectivity index (χ1) is 8.86. The summed E-state index contributed by atoms with van der Waals surface area (Å²) in [6.45, 7) is 1.55. The molecule has 1 fully saturated rings. The van der Waals surface area contributed by atoms with E-state index in [0.717, 1.165) is 9.80 Å². The van der Waals surface area contributed by atoms with Gasteiger partial charge in [0.25, 0.3) is 0 Å². The number of esters is 1. The summed E-state index contributed by atoms with van der Waals surface area (Å²) in [7, 11) is 1.38. The van der Waals surface area contributed by atoms with Gasteiger partial charge in [-0.25, -0.2) is 9.59 Å². The van der Waals surface area contributed by atoms with Crippen LogP contribution in [0.15, 0.2) is 0 Å². The van der Waals surface area contributed by atoms with Crippen molar-refractivity contribution in [3.8, 4) is 0 Å². The molecule has 0 bridgehead atoms. The topological polar surface area (TPSA) is 107 Å². The molecular weight excluding hydrogens is 256 g/mol. The van der Waals surface area contributed by atoms with Gasteiger partial charge in [0.05, 0.1) is 12.7 Å². The van der Waals surface area contributed by atoms with Crippen molar-refractivity contribution in [2.24, 2.45) is 0 Å². The lowest BCUT2D eigenvalue weighted by molar-refractivity contribution is -0.143. The average Bonchev–Trinajstić information content (AvgIpc) is 2.70. The number of likely N-dealkylation sites (N-methyl/N-ethyl adjacent to an activating group) is 1. The molecule has 8 nitrogen and oxygen atoms in total. The fourth-order valence-electron chi connectivity index (χ4n) is 1.95. The van der Waals surface area contributed by atoms with E-state index in [1.54, 1.807) is 6.92 Å². The van der Waals surface area contributed by atoms with E-state index in [1.807, 2.05) is 0 Å². The Morgan fingerprint density at radius 1 is 1.42 bits per heavy atom. The van der Waals surface area contributed by atoms with Gasteiger partial charge in [0.1, 0.15) is 12.6 Å². The van der Waals surface area contributed by atoms with Crippen molar-refractivity contribution in [1.82, 2.24) is 9.80 Å². The molecule has 2 atom stereocenters. The molecule has 0 unspecified atom stereocenters. The van der Waals surface area contributed by atoms with Gasteiger partial charge in [0.2, 0.25) is 0 Å². The second-order valence-electron chi connectivity index (χ2n) is 4.34. The van der Waals surface area contributed by atoms with Gasteiger partial charge < -0.3 is 24.7 Å². The van der Waals surface area contributed by atoms with Gasteiger partial charge in [0.15, 0.2) is 0 Å². The number of rotatable bonds is 4. The molecule has 0 aromatic rings. The van der Waals surface area contributed by atoms with Crippen molar-refractivity contribution in [1.29, 1.82) is 0 Å². The molecule has 2 amide bonds. The Morgan fingerprint density at radius 2 is 2.05 bits per heavy atom. The Morgan fingerprint density at radius 3 is 2.58 bits per heavy atom. The minimum Gasteiger partial charge on any atom is -0.480 e. The smallest absolute Gasteiger partial charge is 0.326 e. The Balaban J connectivity index is 2.65. The molecule has 0 saturated carbocycles. The second-order valence-corrected chi connectivity index (χ2v) is 4.34. The number of carbonyl (C=O) groups excluding carboxylic acids is 2. The third kappa shape index (κ3) is 3.82. The Labute approximate surface area is 110 Å². The molecular formula is C11H18N2O6. The fraction of sp³-hybridized carbons (Fsp3) is 0.727. The first-order valence-electron chi connectivity index (χ1n) is 5.95. The molecule has 1 heterocycles. The number of carbonyl (C=O) groups is 3. The molecule has 0 aromatic heterocycles. The summed E-state index contributed by atoms with van der Waals surface area (Å²) in [5.41, 5.74) is 0. The summed E-state index contributed by atoms with van der Waals surface area (Å²) in [5.74, 6) is -1.74. The van der Waals surface area contributed by atoms with Crippen LogP contribution in [0, 0.1) is 0 Å². The predicted octanol–water partition coefficient (Wildman–Crippen LogP) is -0.879. The molecule has 0 aliphatic carbocycles. The quantitative estimate of drug-likeness (QED) is 0.645. The van der Waals surface area contributed by atoms with Crippen LogP contribution in [-0.2, 0) is 14.3 Å². The monoisotopic (exact) mass is 274 g/mol. The number of β-amino-alcohol motifs (C(OH)–C–C–N with tert-alkyl or cyclic N) is 1. The Hall–Kier alpha value is -1.83. The van der Waals surface area contributed by atoms with Gasteiger partial charge in [-0.05, 0) is 6.92 Å². The normalized spacial score (nSPS) is 22.2. The number of carboxylic acid groups (broad SMARTS) is 1. The van der Waals surface area contributed by atoms with Crippen LogP contribution in [0.1, 0.15) is 13.3 Å². The van der Waals surface area contributed by atoms with Crippen molar-refractivity contribution >= 4 is 18.0 Å². The van der Waals surface area contributed by atoms with Crippen LogP contribution >= 0.6 is 0 Å². The molecule has 1 saturated heterocycles. The van der Waals surface area contributed by atoms with E-state index in [1.165, 1.54) is 7.05 Å². The number of aliphatic carboxylic acids is 1. The molecule has 1 aliphatic heterocycles. The second kappa shape index (κ2) is 6.37. The SMILES string of the molecule is CCOC(=O)CN(C)C(=O)N1C[C@H](O)C[C@H]1C(=O)O. The lowest BCUT2D eigenvalue weighted by atomic mass is 10.2. The van der Waals surface area contributed by atoms with E-state index in [-0.39, 0.29) is 26.1 Å². The molecule has 0 radical (unpaired) electrons. The largest absolute Gasteiger partial charge is 0.480 e. The van der Waals surface area contributed by atoms with Crippen molar-refractivity contribution < 1.29 is 29.3 Å². The standard InChI is InChI=1S/C11H18N2O6/c1-3-19-9(15)6-12(2)11(18)13-5-7(14)4-8(13)10(16)17/h7-8,14H,3-6H2,1-2H3,(H,16,17)/t7-,8+/m1/s1. The van der Waals surface area contributed by atoms with E-state index in [0.29, 0.717) is 0 Å². The highest BCUT2D eigenvalue weighted by Crippen LogP contribution is 2.19. The van der Waals surface area contributed by atoms with Crippen LogP contribution in [0.2, 0.25) is 0 Å². The number of urea groups is 1. The van der Waals surface area contributed by atoms with Gasteiger partial charge in [-0.2, -0.15) is 0 Å². The van der Waals surface area contributed by atoms with Crippen LogP contribution in [0.4, 0.5) is 4.79 Å². The zero-order chi connectivity index (χ0) is 14.6. The lowest BCUT2D eigenvalue weighted by Gasteiger charge is -2.26. The number of carboxylic acids is 1. The van der Waals surface area contributed by atoms with Gasteiger partial charge in [0, 0.05) is 20.0 Å². The summed E-state index contributed by atoms with van der Waals surface area (Å²) in [6.07, 6.45) is -0.866. The zero-order valence-corrected chi connectivity index (χ0v) is 10.9. The van der Waals surface area contributed by atoms with Crippen LogP contribution in [-0.4, -0.2) is 76.9 Å². The van der Waals surface area contributed by atoms with Crippen molar-refractivity contribution in [2.75, 3.05) is 26.7 Å². The first-order valence-corrected chi connectivity index (χ1v) is 5.95. The number of hydrogen-bond donors (Lipinski definition) is 2. The molecule has 0 spiro atoms. The highest BCUT2D eigenvalue weighted by Gasteiger charge is 2.40. The number of amides is 2. The molecule has 8 heteroatoms. The summed E-state index contributed by atoms with van der Waals surface area (Å²) in [5, 5.41) is 18.4. The highest BCUT2D eigenvalue weighted by molar-refractivity contribution is 5.85. The number of hydrogen-bond acceptors (Lipinski definition) is 5. The molecule has 1 rings (SSSR count). The maximum absolute atomic E-state index is 12.0. The lowest BCUT2D eigenvalue weighted by Crippen LogP contribution is -2.48. The Bertz CT molecular complexity index is 372. The molecule has 1 aliphatic rings. The summed E-state index contributed by atoms with van der Waals surface area (Å²) in [4.78, 5) is 36.4. The van der Waals surface area contributed by atoms with Gasteiger partial charge in [-0.3, -0.25) is 4.79 Å². The average molecular weight is 274 g/mol. The fourth-order valence-corrected chi connectivity index (χ4v) is 1.95.